The van der Waals surface area contributed by atoms with E-state index in [2.05, 4.69) is 15.4 Å². The largest absolute Gasteiger partial charge is 0.308 e. The molecule has 2 rings (SSSR count). The molecule has 2 heterocycles. The van der Waals surface area contributed by atoms with Crippen molar-refractivity contribution in [2.24, 2.45) is 5.84 Å². The van der Waals surface area contributed by atoms with E-state index >= 15 is 0 Å². The van der Waals surface area contributed by atoms with E-state index in [1.54, 1.807) is 24.4 Å². The predicted molar refractivity (Wildman–Crippen MR) is 65.4 cm³/mol. The zero-order valence-corrected chi connectivity index (χ0v) is 9.79. The van der Waals surface area contributed by atoms with Gasteiger partial charge in [0, 0.05) is 6.20 Å². The number of halogens is 1. The van der Waals surface area contributed by atoms with E-state index in [-0.39, 0.29) is 0 Å². The first-order valence-electron chi connectivity index (χ1n) is 4.51. The molecule has 0 fully saturated rings. The average molecular weight is 253 g/mol. The van der Waals surface area contributed by atoms with Gasteiger partial charge in [-0.15, -0.1) is 0 Å². The molecule has 0 aliphatic heterocycles. The van der Waals surface area contributed by atoms with Crippen LogP contribution in [0.5, 0.6) is 0 Å². The first-order chi connectivity index (χ1) is 7.79. The lowest BCUT2D eigenvalue weighted by atomic mass is 10.5. The monoisotopic (exact) mass is 252 g/mol. The molecular formula is C10H9ClN4S. The number of pyridine rings is 2. The van der Waals surface area contributed by atoms with Gasteiger partial charge in [0.25, 0.3) is 0 Å². The first-order valence-corrected chi connectivity index (χ1v) is 5.71. The van der Waals surface area contributed by atoms with Gasteiger partial charge < -0.3 is 5.43 Å². The molecule has 0 aliphatic rings. The summed E-state index contributed by atoms with van der Waals surface area (Å²) in [7, 11) is 0. The number of anilines is 1. The number of nitrogens with zero attached hydrogens (tertiary/aromatic N) is 2. The summed E-state index contributed by atoms with van der Waals surface area (Å²) in [5.74, 6) is 5.89. The van der Waals surface area contributed by atoms with E-state index in [9.17, 15) is 0 Å². The van der Waals surface area contributed by atoms with Crippen LogP contribution in [0, 0.1) is 0 Å². The van der Waals surface area contributed by atoms with Crippen molar-refractivity contribution in [3.05, 3.63) is 41.6 Å². The molecule has 0 aliphatic carbocycles. The summed E-state index contributed by atoms with van der Waals surface area (Å²) < 4.78 is 0. The second-order valence-electron chi connectivity index (χ2n) is 2.90. The van der Waals surface area contributed by atoms with E-state index in [4.69, 9.17) is 17.4 Å². The minimum atomic E-state index is 0.608. The number of nitrogen functional groups attached to an aromatic ring is 1. The molecule has 0 spiro atoms. The molecule has 0 atom stereocenters. The van der Waals surface area contributed by atoms with Crippen molar-refractivity contribution in [2.75, 3.05) is 5.43 Å². The van der Waals surface area contributed by atoms with Gasteiger partial charge in [-0.05, 0) is 36.0 Å². The van der Waals surface area contributed by atoms with Crippen LogP contribution in [0.3, 0.4) is 0 Å². The molecule has 6 heteroatoms. The third kappa shape index (κ3) is 2.63. The van der Waals surface area contributed by atoms with Crippen molar-refractivity contribution in [3.63, 3.8) is 0 Å². The zero-order valence-electron chi connectivity index (χ0n) is 8.22. The molecule has 4 nitrogen and oxygen atoms in total. The number of rotatable bonds is 3. The van der Waals surface area contributed by atoms with Gasteiger partial charge in [-0.2, -0.15) is 0 Å². The summed E-state index contributed by atoms with van der Waals surface area (Å²) >= 11 is 7.39. The highest BCUT2D eigenvalue weighted by Gasteiger charge is 2.04. The maximum absolute atomic E-state index is 6.00. The van der Waals surface area contributed by atoms with Gasteiger partial charge in [-0.25, -0.2) is 15.8 Å². The van der Waals surface area contributed by atoms with Crippen LogP contribution in [0.1, 0.15) is 0 Å². The molecule has 0 aromatic carbocycles. The fourth-order valence-corrected chi connectivity index (χ4v) is 2.10. The van der Waals surface area contributed by atoms with Gasteiger partial charge in [0.05, 0.1) is 5.02 Å². The molecule has 2 aromatic heterocycles. The van der Waals surface area contributed by atoms with E-state index in [1.807, 2.05) is 12.1 Å². The first kappa shape index (κ1) is 11.2. The topological polar surface area (TPSA) is 63.8 Å². The van der Waals surface area contributed by atoms with Crippen LogP contribution in [0.25, 0.3) is 0 Å². The Morgan fingerprint density at radius 2 is 2.12 bits per heavy atom. The normalized spacial score (nSPS) is 10.1. The quantitative estimate of drug-likeness (QED) is 0.649. The van der Waals surface area contributed by atoms with Crippen LogP contribution in [0.2, 0.25) is 5.02 Å². The van der Waals surface area contributed by atoms with Crippen LogP contribution in [-0.4, -0.2) is 9.97 Å². The summed E-state index contributed by atoms with van der Waals surface area (Å²) in [5.41, 5.74) is 2.49. The maximum atomic E-state index is 6.00. The molecule has 2 aromatic rings. The van der Waals surface area contributed by atoms with Crippen LogP contribution in [-0.2, 0) is 0 Å². The lowest BCUT2D eigenvalue weighted by molar-refractivity contribution is 1.08. The van der Waals surface area contributed by atoms with E-state index in [0.717, 1.165) is 10.1 Å². The van der Waals surface area contributed by atoms with E-state index in [0.29, 0.717) is 10.8 Å². The zero-order chi connectivity index (χ0) is 11.4. The fraction of sp³-hybridized carbons (Fsp3) is 0. The molecule has 0 radical (unpaired) electrons. The minimum absolute atomic E-state index is 0.608. The average Bonchev–Trinajstić information content (AvgIpc) is 2.32. The molecular weight excluding hydrogens is 244 g/mol. The van der Waals surface area contributed by atoms with Crippen molar-refractivity contribution < 1.29 is 0 Å². The SMILES string of the molecule is NNc1cccc(Sc2ncccc2Cl)n1. The molecule has 0 amide bonds. The molecule has 3 N–H and O–H groups in total. The Labute approximate surface area is 102 Å². The van der Waals surface area contributed by atoms with Gasteiger partial charge in [-0.1, -0.05) is 17.7 Å². The van der Waals surface area contributed by atoms with Gasteiger partial charge >= 0.3 is 0 Å². The van der Waals surface area contributed by atoms with Gasteiger partial charge in [0.15, 0.2) is 0 Å². The number of hydrazine groups is 1. The van der Waals surface area contributed by atoms with E-state index in [1.165, 1.54) is 11.8 Å². The molecule has 16 heavy (non-hydrogen) atoms. The third-order valence-corrected chi connectivity index (χ3v) is 3.17. The summed E-state index contributed by atoms with van der Waals surface area (Å²) in [5, 5.41) is 2.13. The Bertz CT molecular complexity index is 492. The van der Waals surface area contributed by atoms with E-state index < -0.39 is 0 Å². The van der Waals surface area contributed by atoms with Crippen molar-refractivity contribution >= 4 is 29.2 Å². The maximum Gasteiger partial charge on any atom is 0.141 e. The number of hydrogen-bond acceptors (Lipinski definition) is 5. The lowest BCUT2D eigenvalue weighted by Gasteiger charge is -2.03. The second-order valence-corrected chi connectivity index (χ2v) is 4.31. The number of nitrogens with two attached hydrogens (primary N) is 1. The Hall–Kier alpha value is -1.30. The van der Waals surface area contributed by atoms with Crippen LogP contribution >= 0.6 is 23.4 Å². The van der Waals surface area contributed by atoms with Crippen LogP contribution in [0.4, 0.5) is 5.82 Å². The van der Waals surface area contributed by atoms with Crippen molar-refractivity contribution in [1.82, 2.24) is 9.97 Å². The Morgan fingerprint density at radius 1 is 1.25 bits per heavy atom. The second kappa shape index (κ2) is 5.16. The van der Waals surface area contributed by atoms with Gasteiger partial charge in [0.1, 0.15) is 15.9 Å². The molecule has 0 saturated heterocycles. The number of nitrogens with one attached hydrogen (secondary N) is 1. The highest BCUT2D eigenvalue weighted by molar-refractivity contribution is 7.99. The standard InChI is InChI=1S/C10H9ClN4S/c11-7-3-2-6-13-10(7)16-9-5-1-4-8(14-9)15-12/h1-6H,12H2,(H,14,15). The summed E-state index contributed by atoms with van der Waals surface area (Å²) in [4.78, 5) is 8.42. The number of hydrogen-bond donors (Lipinski definition) is 2. The van der Waals surface area contributed by atoms with Crippen LogP contribution < -0.4 is 11.3 Å². The van der Waals surface area contributed by atoms with Gasteiger partial charge in [0.2, 0.25) is 0 Å². The van der Waals surface area contributed by atoms with Gasteiger partial charge in [-0.3, -0.25) is 0 Å². The Balaban J connectivity index is 2.24. The molecule has 0 unspecified atom stereocenters. The highest BCUT2D eigenvalue weighted by Crippen LogP contribution is 2.30. The molecule has 0 saturated carbocycles. The lowest BCUT2D eigenvalue weighted by Crippen LogP contribution is -2.08. The molecule has 82 valence electrons. The Kier molecular flexibility index (Phi) is 3.61. The fourth-order valence-electron chi connectivity index (χ4n) is 1.10. The summed E-state index contributed by atoms with van der Waals surface area (Å²) in [6, 6.07) is 9.10. The van der Waals surface area contributed by atoms with Crippen LogP contribution in [0.15, 0.2) is 46.6 Å². The highest BCUT2D eigenvalue weighted by atomic mass is 35.5. The van der Waals surface area contributed by atoms with Crippen molar-refractivity contribution in [1.29, 1.82) is 0 Å². The smallest absolute Gasteiger partial charge is 0.141 e. The summed E-state index contributed by atoms with van der Waals surface area (Å²) in [6.45, 7) is 0. The van der Waals surface area contributed by atoms with Crippen molar-refractivity contribution in [3.8, 4) is 0 Å². The third-order valence-electron chi connectivity index (χ3n) is 1.80. The molecule has 0 bridgehead atoms. The van der Waals surface area contributed by atoms with Crippen molar-refractivity contribution in [2.45, 2.75) is 10.1 Å². The number of aromatic nitrogens is 2. The minimum Gasteiger partial charge on any atom is -0.308 e. The summed E-state index contributed by atoms with van der Waals surface area (Å²) in [6.07, 6.45) is 1.69. The predicted octanol–water partition coefficient (Wildman–Crippen LogP) is 2.57. The Morgan fingerprint density at radius 3 is 2.88 bits per heavy atom.